The number of aliphatic hydroxyl groups excluding tert-OH is 1. The van der Waals surface area contributed by atoms with Gasteiger partial charge < -0.3 is 15.3 Å². The number of terminal acetylenes is 1. The number of nitrogens with one attached hydrogen (secondary N) is 1. The minimum absolute atomic E-state index is 0.182. The second-order valence-electron chi connectivity index (χ2n) is 5.29. The van der Waals surface area contributed by atoms with E-state index in [4.69, 9.17) is 6.42 Å². The molecule has 1 fully saturated rings. The van der Waals surface area contributed by atoms with E-state index >= 15 is 0 Å². The van der Waals surface area contributed by atoms with Gasteiger partial charge in [-0.25, -0.2) is 4.79 Å². The van der Waals surface area contributed by atoms with Gasteiger partial charge in [0.1, 0.15) is 0 Å². The van der Waals surface area contributed by atoms with Crippen LogP contribution in [-0.4, -0.2) is 35.7 Å². The lowest BCUT2D eigenvalue weighted by Crippen LogP contribution is -2.37. The van der Waals surface area contributed by atoms with Crippen LogP contribution in [0.5, 0.6) is 0 Å². The lowest BCUT2D eigenvalue weighted by atomic mass is 10.1. The Morgan fingerprint density at radius 2 is 2.35 bits per heavy atom. The second-order valence-corrected chi connectivity index (χ2v) is 5.29. The fraction of sp³-hybridized carbons (Fsp3) is 0.438. The summed E-state index contributed by atoms with van der Waals surface area (Å²) in [6.45, 7) is 0.571. The van der Waals surface area contributed by atoms with Gasteiger partial charge in [-0.05, 0) is 31.0 Å². The Balaban J connectivity index is 1.92. The molecule has 106 valence electrons. The van der Waals surface area contributed by atoms with Crippen LogP contribution in [0.25, 0.3) is 0 Å². The quantitative estimate of drug-likeness (QED) is 0.830. The smallest absolute Gasteiger partial charge is 0.321 e. The summed E-state index contributed by atoms with van der Waals surface area (Å²) >= 11 is 0. The first-order valence-electron chi connectivity index (χ1n) is 6.87. The van der Waals surface area contributed by atoms with Crippen LogP contribution in [0.15, 0.2) is 24.3 Å². The van der Waals surface area contributed by atoms with Crippen molar-refractivity contribution in [2.75, 3.05) is 18.9 Å². The van der Waals surface area contributed by atoms with Crippen LogP contribution in [0.1, 0.15) is 24.8 Å². The molecule has 0 bridgehead atoms. The van der Waals surface area contributed by atoms with Gasteiger partial charge in [-0.1, -0.05) is 18.4 Å². The number of hydrogen-bond acceptors (Lipinski definition) is 2. The standard InChI is InChI=1S/C16H20N2O2/c1-3-12-6-4-8-14(10-12)17-16(20)18(2)11-13-7-5-9-15(13)19/h1,4,6,8,10,13,15,19H,5,7,9,11H2,2H3,(H,17,20). The number of carbonyl (C=O) groups excluding carboxylic acids is 1. The summed E-state index contributed by atoms with van der Waals surface area (Å²) in [6, 6.07) is 7.01. The van der Waals surface area contributed by atoms with Crippen molar-refractivity contribution in [2.24, 2.45) is 5.92 Å². The average molecular weight is 272 g/mol. The number of anilines is 1. The largest absolute Gasteiger partial charge is 0.393 e. The summed E-state index contributed by atoms with van der Waals surface area (Å²) in [5.41, 5.74) is 1.42. The Bertz CT molecular complexity index is 521. The number of hydrogen-bond donors (Lipinski definition) is 2. The number of rotatable bonds is 3. The monoisotopic (exact) mass is 272 g/mol. The molecule has 1 aromatic rings. The van der Waals surface area contributed by atoms with Crippen LogP contribution in [0, 0.1) is 18.3 Å². The molecule has 1 aliphatic carbocycles. The molecule has 0 spiro atoms. The van der Waals surface area contributed by atoms with Crippen molar-refractivity contribution in [1.82, 2.24) is 4.90 Å². The van der Waals surface area contributed by atoms with E-state index in [-0.39, 0.29) is 18.1 Å². The van der Waals surface area contributed by atoms with Crippen molar-refractivity contribution in [2.45, 2.75) is 25.4 Å². The predicted molar refractivity (Wildman–Crippen MR) is 79.4 cm³/mol. The van der Waals surface area contributed by atoms with E-state index in [0.717, 1.165) is 24.8 Å². The topological polar surface area (TPSA) is 52.6 Å². The van der Waals surface area contributed by atoms with Gasteiger partial charge in [0.2, 0.25) is 0 Å². The molecule has 0 heterocycles. The maximum Gasteiger partial charge on any atom is 0.321 e. The Morgan fingerprint density at radius 3 is 3.00 bits per heavy atom. The second kappa shape index (κ2) is 6.44. The van der Waals surface area contributed by atoms with E-state index in [9.17, 15) is 9.90 Å². The molecule has 20 heavy (non-hydrogen) atoms. The maximum absolute atomic E-state index is 12.1. The molecule has 0 radical (unpaired) electrons. The normalized spacial score (nSPS) is 21.2. The molecule has 4 heteroatoms. The number of benzene rings is 1. The van der Waals surface area contributed by atoms with Crippen LogP contribution in [-0.2, 0) is 0 Å². The third-order valence-electron chi connectivity index (χ3n) is 3.75. The molecule has 2 unspecified atom stereocenters. The van der Waals surface area contributed by atoms with E-state index < -0.39 is 0 Å². The molecular weight excluding hydrogens is 252 g/mol. The summed E-state index contributed by atoms with van der Waals surface area (Å²) in [5, 5.41) is 12.6. The first kappa shape index (κ1) is 14.4. The molecule has 2 N–H and O–H groups in total. The Hall–Kier alpha value is -1.99. The summed E-state index contributed by atoms with van der Waals surface area (Å²) in [5.74, 6) is 2.72. The van der Waals surface area contributed by atoms with Gasteiger partial charge in [0.25, 0.3) is 0 Å². The minimum atomic E-state index is -0.282. The number of nitrogens with zero attached hydrogens (tertiary/aromatic N) is 1. The van der Waals surface area contributed by atoms with E-state index in [0.29, 0.717) is 12.2 Å². The zero-order chi connectivity index (χ0) is 14.5. The molecule has 1 saturated carbocycles. The zero-order valence-corrected chi connectivity index (χ0v) is 11.7. The van der Waals surface area contributed by atoms with Crippen LogP contribution in [0.2, 0.25) is 0 Å². The molecular formula is C16H20N2O2. The number of urea groups is 1. The summed E-state index contributed by atoms with van der Waals surface area (Å²) in [6.07, 6.45) is 7.90. The van der Waals surface area contributed by atoms with Gasteiger partial charge in [0.05, 0.1) is 6.10 Å². The number of aliphatic hydroxyl groups is 1. The van der Waals surface area contributed by atoms with E-state index in [1.54, 1.807) is 24.1 Å². The highest BCUT2D eigenvalue weighted by Gasteiger charge is 2.27. The molecule has 0 aromatic heterocycles. The first-order valence-corrected chi connectivity index (χ1v) is 6.87. The van der Waals surface area contributed by atoms with E-state index in [1.165, 1.54) is 0 Å². The van der Waals surface area contributed by atoms with Gasteiger partial charge in [-0.15, -0.1) is 6.42 Å². The molecule has 1 aromatic carbocycles. The third kappa shape index (κ3) is 3.52. The van der Waals surface area contributed by atoms with Crippen molar-refractivity contribution in [3.8, 4) is 12.3 Å². The predicted octanol–water partition coefficient (Wildman–Crippen LogP) is 2.29. The maximum atomic E-state index is 12.1. The van der Waals surface area contributed by atoms with Gasteiger partial charge in [-0.2, -0.15) is 0 Å². The molecule has 1 aliphatic rings. The summed E-state index contributed by atoms with van der Waals surface area (Å²) < 4.78 is 0. The highest BCUT2D eigenvalue weighted by molar-refractivity contribution is 5.89. The SMILES string of the molecule is C#Cc1cccc(NC(=O)N(C)CC2CCCC2O)c1. The number of carbonyl (C=O) groups is 1. The fourth-order valence-corrected chi connectivity index (χ4v) is 2.57. The average Bonchev–Trinajstić information content (AvgIpc) is 2.84. The lowest BCUT2D eigenvalue weighted by Gasteiger charge is -2.23. The summed E-state index contributed by atoms with van der Waals surface area (Å²) in [4.78, 5) is 13.7. The third-order valence-corrected chi connectivity index (χ3v) is 3.75. The molecule has 0 aliphatic heterocycles. The zero-order valence-electron chi connectivity index (χ0n) is 11.7. The Labute approximate surface area is 119 Å². The van der Waals surface area contributed by atoms with Crippen LogP contribution < -0.4 is 5.32 Å². The van der Waals surface area contributed by atoms with Crippen molar-refractivity contribution in [3.63, 3.8) is 0 Å². The highest BCUT2D eigenvalue weighted by atomic mass is 16.3. The van der Waals surface area contributed by atoms with Gasteiger partial charge in [0, 0.05) is 30.8 Å². The van der Waals surface area contributed by atoms with E-state index in [2.05, 4.69) is 11.2 Å². The van der Waals surface area contributed by atoms with Crippen molar-refractivity contribution >= 4 is 11.7 Å². The van der Waals surface area contributed by atoms with Crippen molar-refractivity contribution in [1.29, 1.82) is 0 Å². The molecule has 4 nitrogen and oxygen atoms in total. The van der Waals surface area contributed by atoms with Gasteiger partial charge in [-0.3, -0.25) is 0 Å². The summed E-state index contributed by atoms with van der Waals surface area (Å²) in [7, 11) is 1.74. The molecule has 2 amide bonds. The Kier molecular flexibility index (Phi) is 4.65. The minimum Gasteiger partial charge on any atom is -0.393 e. The van der Waals surface area contributed by atoms with Crippen LogP contribution >= 0.6 is 0 Å². The van der Waals surface area contributed by atoms with E-state index in [1.807, 2.05) is 12.1 Å². The number of amides is 2. The first-order chi connectivity index (χ1) is 9.60. The lowest BCUT2D eigenvalue weighted by molar-refractivity contribution is 0.116. The van der Waals surface area contributed by atoms with Crippen LogP contribution in [0.4, 0.5) is 10.5 Å². The van der Waals surface area contributed by atoms with Gasteiger partial charge >= 0.3 is 6.03 Å². The van der Waals surface area contributed by atoms with Crippen LogP contribution in [0.3, 0.4) is 0 Å². The molecule has 2 rings (SSSR count). The Morgan fingerprint density at radius 1 is 1.55 bits per heavy atom. The molecule has 0 saturated heterocycles. The highest BCUT2D eigenvalue weighted by Crippen LogP contribution is 2.26. The van der Waals surface area contributed by atoms with Gasteiger partial charge in [0.15, 0.2) is 0 Å². The fourth-order valence-electron chi connectivity index (χ4n) is 2.57. The molecule has 2 atom stereocenters. The van der Waals surface area contributed by atoms with Crippen molar-refractivity contribution < 1.29 is 9.90 Å². The van der Waals surface area contributed by atoms with Crippen molar-refractivity contribution in [3.05, 3.63) is 29.8 Å².